The summed E-state index contributed by atoms with van der Waals surface area (Å²) in [5.41, 5.74) is 11.5. The molecule has 2 nitrogen and oxygen atoms in total. The molecular formula is C42H27ClN2. The molecule has 212 valence electrons. The number of hydrogen-bond acceptors (Lipinski definition) is 0. The Hall–Kier alpha value is -5.57. The van der Waals surface area contributed by atoms with Gasteiger partial charge >= 0.3 is 0 Å². The van der Waals surface area contributed by atoms with Crippen molar-refractivity contribution in [2.24, 2.45) is 0 Å². The zero-order valence-corrected chi connectivity index (χ0v) is 25.1. The molecule has 0 saturated heterocycles. The Morgan fingerprint density at radius 3 is 1.64 bits per heavy atom. The Morgan fingerprint density at radius 2 is 0.911 bits per heavy atom. The zero-order chi connectivity index (χ0) is 29.9. The lowest BCUT2D eigenvalue weighted by atomic mass is 9.96. The first kappa shape index (κ1) is 25.9. The number of aromatic nitrogens is 2. The van der Waals surface area contributed by atoms with Gasteiger partial charge in [-0.1, -0.05) is 109 Å². The van der Waals surface area contributed by atoms with Gasteiger partial charge in [-0.3, -0.25) is 0 Å². The number of fused-ring (bicyclic) bond motifs is 6. The Morgan fingerprint density at radius 1 is 0.356 bits per heavy atom. The fraction of sp³-hybridized carbons (Fsp3) is 0. The molecule has 3 heteroatoms. The molecule has 45 heavy (non-hydrogen) atoms. The molecule has 7 aromatic carbocycles. The van der Waals surface area contributed by atoms with Crippen molar-refractivity contribution < 1.29 is 0 Å². The van der Waals surface area contributed by atoms with Crippen LogP contribution in [-0.2, 0) is 0 Å². The molecule has 0 N–H and O–H groups in total. The summed E-state index contributed by atoms with van der Waals surface area (Å²) in [7, 11) is 0. The first-order valence-corrected chi connectivity index (χ1v) is 15.6. The smallest absolute Gasteiger partial charge is 0.0619 e. The Kier molecular flexibility index (Phi) is 5.90. The van der Waals surface area contributed by atoms with E-state index in [1.165, 1.54) is 43.6 Å². The highest BCUT2D eigenvalue weighted by Gasteiger charge is 2.18. The second kappa shape index (κ2) is 10.3. The summed E-state index contributed by atoms with van der Waals surface area (Å²) in [5.74, 6) is 0. The SMILES string of the molecule is Clc1cc(-c2ccc3c(c2)c2ccccc2n3-c2ccccc2)cc(-c2cccc3c4ccccc4n(-c4ccccc4)c23)c1. The summed E-state index contributed by atoms with van der Waals surface area (Å²) in [4.78, 5) is 0. The first-order chi connectivity index (χ1) is 22.2. The van der Waals surface area contributed by atoms with Crippen LogP contribution >= 0.6 is 11.6 Å². The van der Waals surface area contributed by atoms with E-state index in [1.807, 2.05) is 0 Å². The largest absolute Gasteiger partial charge is 0.309 e. The van der Waals surface area contributed by atoms with Crippen LogP contribution < -0.4 is 0 Å². The van der Waals surface area contributed by atoms with Gasteiger partial charge in [0.2, 0.25) is 0 Å². The van der Waals surface area contributed by atoms with Crippen molar-refractivity contribution >= 4 is 55.2 Å². The molecule has 0 aliphatic rings. The molecule has 0 radical (unpaired) electrons. The maximum atomic E-state index is 6.92. The lowest BCUT2D eigenvalue weighted by molar-refractivity contribution is 1.18. The van der Waals surface area contributed by atoms with Gasteiger partial charge in [-0.2, -0.15) is 0 Å². The van der Waals surface area contributed by atoms with Gasteiger partial charge in [-0.15, -0.1) is 0 Å². The van der Waals surface area contributed by atoms with Gasteiger partial charge in [0.25, 0.3) is 0 Å². The van der Waals surface area contributed by atoms with Gasteiger partial charge in [0, 0.05) is 43.5 Å². The van der Waals surface area contributed by atoms with Gasteiger partial charge in [0.05, 0.1) is 22.1 Å². The van der Waals surface area contributed by atoms with Gasteiger partial charge in [0.15, 0.2) is 0 Å². The molecular weight excluding hydrogens is 568 g/mol. The predicted octanol–water partition coefficient (Wildman–Crippen LogP) is 11.9. The molecule has 0 bridgehead atoms. The number of rotatable bonds is 4. The summed E-state index contributed by atoms with van der Waals surface area (Å²) >= 11 is 6.92. The Balaban J connectivity index is 1.27. The van der Waals surface area contributed by atoms with E-state index in [0.29, 0.717) is 5.02 Å². The minimum atomic E-state index is 0.716. The lowest BCUT2D eigenvalue weighted by Crippen LogP contribution is -1.95. The fourth-order valence-electron chi connectivity index (χ4n) is 7.02. The topological polar surface area (TPSA) is 9.86 Å². The van der Waals surface area contributed by atoms with E-state index in [9.17, 15) is 0 Å². The number of benzene rings is 7. The van der Waals surface area contributed by atoms with Crippen LogP contribution in [0.3, 0.4) is 0 Å². The molecule has 2 heterocycles. The predicted molar refractivity (Wildman–Crippen MR) is 191 cm³/mol. The second-order valence-electron chi connectivity index (χ2n) is 11.5. The quantitative estimate of drug-likeness (QED) is 0.192. The molecule has 0 atom stereocenters. The van der Waals surface area contributed by atoms with Crippen molar-refractivity contribution in [2.75, 3.05) is 0 Å². The summed E-state index contributed by atoms with van der Waals surface area (Å²) in [6.45, 7) is 0. The van der Waals surface area contributed by atoms with Crippen LogP contribution in [0.4, 0.5) is 0 Å². The van der Waals surface area contributed by atoms with Crippen molar-refractivity contribution in [2.45, 2.75) is 0 Å². The molecule has 9 rings (SSSR count). The average molecular weight is 595 g/mol. The summed E-state index contributed by atoms with van der Waals surface area (Å²) in [6, 6.07) is 58.3. The monoisotopic (exact) mass is 594 g/mol. The van der Waals surface area contributed by atoms with E-state index in [4.69, 9.17) is 11.6 Å². The number of hydrogen-bond donors (Lipinski definition) is 0. The maximum absolute atomic E-state index is 6.92. The normalized spacial score (nSPS) is 11.7. The van der Waals surface area contributed by atoms with Gasteiger partial charge in [0.1, 0.15) is 0 Å². The van der Waals surface area contributed by atoms with E-state index < -0.39 is 0 Å². The van der Waals surface area contributed by atoms with Crippen molar-refractivity contribution in [1.29, 1.82) is 0 Å². The van der Waals surface area contributed by atoms with Gasteiger partial charge in [-0.25, -0.2) is 0 Å². The Bertz CT molecular complexity index is 2540. The molecule has 0 fully saturated rings. The van der Waals surface area contributed by atoms with Crippen LogP contribution in [0.25, 0.3) is 77.2 Å². The number of para-hydroxylation sites is 5. The van der Waals surface area contributed by atoms with Crippen LogP contribution in [-0.4, -0.2) is 9.13 Å². The first-order valence-electron chi connectivity index (χ1n) is 15.2. The van der Waals surface area contributed by atoms with Crippen LogP contribution in [0.1, 0.15) is 0 Å². The molecule has 0 aliphatic carbocycles. The summed E-state index contributed by atoms with van der Waals surface area (Å²) < 4.78 is 4.73. The third-order valence-corrected chi connectivity index (χ3v) is 9.16. The highest BCUT2D eigenvalue weighted by Crippen LogP contribution is 2.41. The van der Waals surface area contributed by atoms with Crippen molar-refractivity contribution in [3.63, 3.8) is 0 Å². The van der Waals surface area contributed by atoms with E-state index in [-0.39, 0.29) is 0 Å². The lowest BCUT2D eigenvalue weighted by Gasteiger charge is -2.13. The van der Waals surface area contributed by atoms with Crippen LogP contribution in [0.5, 0.6) is 0 Å². The van der Waals surface area contributed by atoms with Crippen LogP contribution in [0.2, 0.25) is 5.02 Å². The summed E-state index contributed by atoms with van der Waals surface area (Å²) in [6.07, 6.45) is 0. The third kappa shape index (κ3) is 4.11. The van der Waals surface area contributed by atoms with E-state index in [2.05, 4.69) is 173 Å². The van der Waals surface area contributed by atoms with Gasteiger partial charge < -0.3 is 9.13 Å². The fourth-order valence-corrected chi connectivity index (χ4v) is 7.25. The van der Waals surface area contributed by atoms with Crippen molar-refractivity contribution in [1.82, 2.24) is 9.13 Å². The average Bonchev–Trinajstić information content (AvgIpc) is 3.61. The molecule has 0 unspecified atom stereocenters. The zero-order valence-electron chi connectivity index (χ0n) is 24.4. The molecule has 0 amide bonds. The molecule has 9 aromatic rings. The van der Waals surface area contributed by atoms with E-state index >= 15 is 0 Å². The molecule has 2 aromatic heterocycles. The minimum Gasteiger partial charge on any atom is -0.309 e. The third-order valence-electron chi connectivity index (χ3n) is 8.94. The van der Waals surface area contributed by atoms with E-state index in [1.54, 1.807) is 0 Å². The molecule has 0 aliphatic heterocycles. The maximum Gasteiger partial charge on any atom is 0.0619 e. The second-order valence-corrected chi connectivity index (χ2v) is 12.0. The minimum absolute atomic E-state index is 0.716. The van der Waals surface area contributed by atoms with E-state index in [0.717, 1.165) is 33.6 Å². The Labute approximate surface area is 266 Å². The van der Waals surface area contributed by atoms with Gasteiger partial charge in [-0.05, 0) is 83.4 Å². The van der Waals surface area contributed by atoms with Crippen molar-refractivity contribution in [3.05, 3.63) is 169 Å². The van der Waals surface area contributed by atoms with Crippen LogP contribution in [0.15, 0.2) is 164 Å². The van der Waals surface area contributed by atoms with Crippen LogP contribution in [0, 0.1) is 0 Å². The number of nitrogens with zero attached hydrogens (tertiary/aromatic N) is 2. The van der Waals surface area contributed by atoms with Crippen molar-refractivity contribution in [3.8, 4) is 33.6 Å². The molecule has 0 saturated carbocycles. The standard InChI is InChI=1S/C42H27ClN2/c43-31-25-29(28-22-23-41-38(27-28)36-17-8-9-20-39(36)44(41)32-12-3-1-4-13-32)24-30(26-31)34-18-11-19-37-35-16-7-10-21-40(35)45(42(34)37)33-14-5-2-6-15-33/h1-27H. The summed E-state index contributed by atoms with van der Waals surface area (Å²) in [5, 5.41) is 5.63. The highest BCUT2D eigenvalue weighted by molar-refractivity contribution is 6.31. The number of halogens is 1. The highest BCUT2D eigenvalue weighted by atomic mass is 35.5. The molecule has 0 spiro atoms.